The number of nitrogens with zero attached hydrogens (tertiary/aromatic N) is 4. The summed E-state index contributed by atoms with van der Waals surface area (Å²) in [5.41, 5.74) is 1.69. The molecular weight excluding hydrogens is 284 g/mol. The van der Waals surface area contributed by atoms with Crippen molar-refractivity contribution >= 4 is 0 Å². The molecule has 3 rings (SSSR count). The van der Waals surface area contributed by atoms with Gasteiger partial charge in [-0.1, -0.05) is 39.3 Å². The minimum absolute atomic E-state index is 0.539. The highest BCUT2D eigenvalue weighted by Gasteiger charge is 2.33. The first-order valence-corrected chi connectivity index (χ1v) is 9.58. The third-order valence-corrected chi connectivity index (χ3v) is 5.74. The second-order valence-electron chi connectivity index (χ2n) is 8.97. The Kier molecular flexibility index (Phi) is 5.10. The van der Waals surface area contributed by atoms with Crippen LogP contribution in [0.4, 0.5) is 0 Å². The fourth-order valence-electron chi connectivity index (χ4n) is 4.49. The highest BCUT2D eigenvalue weighted by molar-refractivity contribution is 4.95. The van der Waals surface area contributed by atoms with Gasteiger partial charge in [-0.2, -0.15) is 0 Å². The fraction of sp³-hybridized carbons (Fsp3) is 0.895. The lowest BCUT2D eigenvalue weighted by molar-refractivity contribution is 0.0651. The van der Waals surface area contributed by atoms with Gasteiger partial charge in [-0.3, -0.25) is 0 Å². The van der Waals surface area contributed by atoms with Gasteiger partial charge in [0.2, 0.25) is 0 Å². The van der Waals surface area contributed by atoms with E-state index in [0.29, 0.717) is 17.4 Å². The molecule has 0 N–H and O–H groups in total. The lowest BCUT2D eigenvalue weighted by Gasteiger charge is -2.44. The summed E-state index contributed by atoms with van der Waals surface area (Å²) in [7, 11) is 0. The van der Waals surface area contributed by atoms with Crippen LogP contribution in [-0.2, 0) is 6.42 Å². The molecule has 0 aromatic carbocycles. The largest absolute Gasteiger partial charge is 0.300 e. The number of hydrogen-bond donors (Lipinski definition) is 0. The Bertz CT molecular complexity index is 497. The minimum atomic E-state index is 0.539. The van der Waals surface area contributed by atoms with E-state index in [1.165, 1.54) is 51.6 Å². The van der Waals surface area contributed by atoms with Crippen molar-refractivity contribution in [1.82, 2.24) is 19.9 Å². The third-order valence-electron chi connectivity index (χ3n) is 5.74. The molecule has 2 aliphatic rings. The zero-order valence-electron chi connectivity index (χ0n) is 15.5. The van der Waals surface area contributed by atoms with Crippen molar-refractivity contribution in [3.63, 3.8) is 0 Å². The van der Waals surface area contributed by atoms with Crippen LogP contribution in [0, 0.1) is 11.3 Å². The molecule has 23 heavy (non-hydrogen) atoms. The van der Waals surface area contributed by atoms with Crippen LogP contribution in [0.3, 0.4) is 0 Å². The lowest BCUT2D eigenvalue weighted by atomic mass is 9.74. The van der Waals surface area contributed by atoms with E-state index in [2.05, 4.69) is 53.8 Å². The Labute approximate surface area is 141 Å². The number of likely N-dealkylation sites (tertiary alicyclic amines) is 1. The van der Waals surface area contributed by atoms with Crippen LogP contribution in [-0.4, -0.2) is 39.0 Å². The van der Waals surface area contributed by atoms with Gasteiger partial charge in [0.25, 0.3) is 0 Å². The van der Waals surface area contributed by atoms with Crippen molar-refractivity contribution in [2.24, 2.45) is 11.3 Å². The predicted octanol–water partition coefficient (Wildman–Crippen LogP) is 4.08. The average Bonchev–Trinajstić information content (AvgIpc) is 2.94. The molecule has 0 spiro atoms. The SMILES string of the molecule is CC(C)Cc1cn(C2CCN(C3CCCC(C)(C)C3)CC2)nn1. The maximum Gasteiger partial charge on any atom is 0.0829 e. The first kappa shape index (κ1) is 16.9. The maximum absolute atomic E-state index is 4.40. The molecule has 1 unspecified atom stereocenters. The summed E-state index contributed by atoms with van der Waals surface area (Å²) in [5.74, 6) is 0.650. The van der Waals surface area contributed by atoms with Crippen LogP contribution in [0.15, 0.2) is 6.20 Å². The Hall–Kier alpha value is -0.900. The van der Waals surface area contributed by atoms with E-state index in [4.69, 9.17) is 0 Å². The molecule has 4 heteroatoms. The van der Waals surface area contributed by atoms with E-state index < -0.39 is 0 Å². The molecule has 1 aliphatic heterocycles. The van der Waals surface area contributed by atoms with Gasteiger partial charge in [-0.05, 0) is 49.9 Å². The van der Waals surface area contributed by atoms with Crippen LogP contribution in [0.1, 0.15) is 78.0 Å². The van der Waals surface area contributed by atoms with E-state index in [1.54, 1.807) is 0 Å². The molecule has 2 fully saturated rings. The van der Waals surface area contributed by atoms with Crippen LogP contribution >= 0.6 is 0 Å². The van der Waals surface area contributed by atoms with Crippen molar-refractivity contribution < 1.29 is 0 Å². The molecule has 1 aromatic rings. The van der Waals surface area contributed by atoms with Gasteiger partial charge in [-0.15, -0.1) is 5.10 Å². The fourth-order valence-corrected chi connectivity index (χ4v) is 4.49. The molecule has 130 valence electrons. The first-order valence-electron chi connectivity index (χ1n) is 9.58. The summed E-state index contributed by atoms with van der Waals surface area (Å²) in [5, 5.41) is 8.76. The standard InChI is InChI=1S/C19H34N4/c1-15(2)12-16-14-23(21-20-16)17-7-10-22(11-8-17)18-6-5-9-19(3,4)13-18/h14-15,17-18H,5-13H2,1-4H3. The van der Waals surface area contributed by atoms with Gasteiger partial charge in [-0.25, -0.2) is 4.68 Å². The van der Waals surface area contributed by atoms with Crippen LogP contribution in [0.5, 0.6) is 0 Å². The zero-order valence-corrected chi connectivity index (χ0v) is 15.5. The van der Waals surface area contributed by atoms with Crippen LogP contribution in [0.2, 0.25) is 0 Å². The van der Waals surface area contributed by atoms with E-state index >= 15 is 0 Å². The van der Waals surface area contributed by atoms with E-state index in [9.17, 15) is 0 Å². The average molecular weight is 319 g/mol. The predicted molar refractivity (Wildman–Crippen MR) is 94.4 cm³/mol. The van der Waals surface area contributed by atoms with Gasteiger partial charge in [0.1, 0.15) is 0 Å². The summed E-state index contributed by atoms with van der Waals surface area (Å²) in [6, 6.07) is 1.36. The zero-order chi connectivity index (χ0) is 16.4. The number of piperidine rings is 1. The summed E-state index contributed by atoms with van der Waals surface area (Å²) < 4.78 is 2.14. The molecule has 1 aliphatic carbocycles. The Morgan fingerprint density at radius 2 is 1.91 bits per heavy atom. The molecule has 1 saturated heterocycles. The van der Waals surface area contributed by atoms with Gasteiger partial charge in [0.15, 0.2) is 0 Å². The maximum atomic E-state index is 4.40. The van der Waals surface area contributed by atoms with Crippen LogP contribution in [0.25, 0.3) is 0 Å². The van der Waals surface area contributed by atoms with E-state index in [0.717, 1.165) is 18.2 Å². The summed E-state index contributed by atoms with van der Waals surface area (Å²) in [4.78, 5) is 2.75. The second-order valence-corrected chi connectivity index (χ2v) is 8.97. The quantitative estimate of drug-likeness (QED) is 0.839. The molecular formula is C19H34N4. The summed E-state index contributed by atoms with van der Waals surface area (Å²) in [6.45, 7) is 11.8. The van der Waals surface area contributed by atoms with Crippen molar-refractivity contribution in [3.05, 3.63) is 11.9 Å². The molecule has 0 amide bonds. The van der Waals surface area contributed by atoms with Gasteiger partial charge in [0.05, 0.1) is 11.7 Å². The number of aromatic nitrogens is 3. The lowest BCUT2D eigenvalue weighted by Crippen LogP contribution is -2.45. The molecule has 4 nitrogen and oxygen atoms in total. The first-order chi connectivity index (χ1) is 10.9. The molecule has 1 saturated carbocycles. The van der Waals surface area contributed by atoms with Crippen molar-refractivity contribution in [1.29, 1.82) is 0 Å². The highest BCUT2D eigenvalue weighted by atomic mass is 15.4. The number of hydrogen-bond acceptors (Lipinski definition) is 3. The Balaban J connectivity index is 1.53. The monoisotopic (exact) mass is 318 g/mol. The Morgan fingerprint density at radius 1 is 1.17 bits per heavy atom. The minimum Gasteiger partial charge on any atom is -0.300 e. The second kappa shape index (κ2) is 6.92. The normalized spacial score (nSPS) is 26.7. The van der Waals surface area contributed by atoms with Crippen molar-refractivity contribution in [2.45, 2.75) is 84.7 Å². The van der Waals surface area contributed by atoms with Crippen molar-refractivity contribution in [3.8, 4) is 0 Å². The third kappa shape index (κ3) is 4.34. The van der Waals surface area contributed by atoms with E-state index in [-0.39, 0.29) is 0 Å². The molecule has 0 radical (unpaired) electrons. The topological polar surface area (TPSA) is 34.0 Å². The molecule has 1 aromatic heterocycles. The summed E-state index contributed by atoms with van der Waals surface area (Å²) >= 11 is 0. The Morgan fingerprint density at radius 3 is 2.57 bits per heavy atom. The molecule has 0 bridgehead atoms. The smallest absolute Gasteiger partial charge is 0.0829 e. The van der Waals surface area contributed by atoms with Gasteiger partial charge < -0.3 is 4.90 Å². The summed E-state index contributed by atoms with van der Waals surface area (Å²) in [6.07, 6.45) is 11.2. The molecule has 2 heterocycles. The van der Waals surface area contributed by atoms with Gasteiger partial charge in [0, 0.05) is 25.3 Å². The van der Waals surface area contributed by atoms with Gasteiger partial charge >= 0.3 is 0 Å². The van der Waals surface area contributed by atoms with Crippen LogP contribution < -0.4 is 0 Å². The number of rotatable bonds is 4. The van der Waals surface area contributed by atoms with E-state index in [1.807, 2.05) is 0 Å². The van der Waals surface area contributed by atoms with Crippen molar-refractivity contribution in [2.75, 3.05) is 13.1 Å². The molecule has 1 atom stereocenters. The highest BCUT2D eigenvalue weighted by Crippen LogP contribution is 2.38.